The summed E-state index contributed by atoms with van der Waals surface area (Å²) in [6, 6.07) is 3.94. The van der Waals surface area contributed by atoms with Crippen molar-refractivity contribution in [1.29, 1.82) is 0 Å². The second-order valence-electron chi connectivity index (χ2n) is 6.35. The molecule has 0 aliphatic carbocycles. The minimum absolute atomic E-state index is 0.0892. The van der Waals surface area contributed by atoms with E-state index in [1.807, 2.05) is 26.0 Å². The van der Waals surface area contributed by atoms with E-state index < -0.39 is 11.9 Å². The van der Waals surface area contributed by atoms with E-state index in [9.17, 15) is 19.2 Å². The maximum absolute atomic E-state index is 12.4. The van der Waals surface area contributed by atoms with Crippen molar-refractivity contribution in [3.05, 3.63) is 28.1 Å². The smallest absolute Gasteiger partial charge is 0.325 e. The van der Waals surface area contributed by atoms with Gasteiger partial charge in [0.2, 0.25) is 11.8 Å². The van der Waals surface area contributed by atoms with E-state index in [4.69, 9.17) is 4.74 Å². The SMILES string of the molecule is COC(=O)Cn1c(=NC(=O)CN2C(=O)CCC2=O)sc2cc(C)cc(C)c21. The second-order valence-corrected chi connectivity index (χ2v) is 7.36. The fourth-order valence-corrected chi connectivity index (χ4v) is 4.32. The van der Waals surface area contributed by atoms with E-state index in [-0.39, 0.29) is 37.7 Å². The highest BCUT2D eigenvalue weighted by Crippen LogP contribution is 2.23. The van der Waals surface area contributed by atoms with Gasteiger partial charge in [0.05, 0.1) is 17.3 Å². The third kappa shape index (κ3) is 3.82. The number of hydrogen-bond acceptors (Lipinski definition) is 6. The number of benzene rings is 1. The number of amides is 3. The van der Waals surface area contributed by atoms with Crippen molar-refractivity contribution in [2.75, 3.05) is 13.7 Å². The normalized spacial score (nSPS) is 15.1. The molecule has 8 nitrogen and oxygen atoms in total. The lowest BCUT2D eigenvalue weighted by molar-refractivity contribution is -0.142. The number of ether oxygens (including phenoxy) is 1. The van der Waals surface area contributed by atoms with Crippen LogP contribution in [-0.4, -0.2) is 46.8 Å². The van der Waals surface area contributed by atoms with Gasteiger partial charge in [-0.05, 0) is 31.0 Å². The van der Waals surface area contributed by atoms with E-state index in [0.717, 1.165) is 26.2 Å². The molecular weight excluding hydrogens is 370 g/mol. The number of carbonyl (C=O) groups excluding carboxylic acids is 4. The summed E-state index contributed by atoms with van der Waals surface area (Å²) in [4.78, 5) is 52.9. The molecular formula is C18H19N3O5S. The molecule has 0 atom stereocenters. The maximum Gasteiger partial charge on any atom is 0.325 e. The van der Waals surface area contributed by atoms with Crippen molar-refractivity contribution >= 4 is 45.2 Å². The van der Waals surface area contributed by atoms with Crippen molar-refractivity contribution < 1.29 is 23.9 Å². The Kier molecular flexibility index (Phi) is 5.22. The first-order chi connectivity index (χ1) is 12.8. The number of esters is 1. The third-order valence-electron chi connectivity index (χ3n) is 4.30. The molecule has 0 N–H and O–H groups in total. The van der Waals surface area contributed by atoms with Crippen LogP contribution in [0.3, 0.4) is 0 Å². The van der Waals surface area contributed by atoms with Crippen LogP contribution < -0.4 is 4.80 Å². The summed E-state index contributed by atoms with van der Waals surface area (Å²) in [5.74, 6) is -1.81. The van der Waals surface area contributed by atoms with E-state index in [2.05, 4.69) is 4.99 Å². The molecule has 9 heteroatoms. The molecule has 2 heterocycles. The summed E-state index contributed by atoms with van der Waals surface area (Å²) in [5.41, 5.74) is 2.80. The van der Waals surface area contributed by atoms with Crippen LogP contribution in [0.2, 0.25) is 0 Å². The number of fused-ring (bicyclic) bond motifs is 1. The summed E-state index contributed by atoms with van der Waals surface area (Å²) in [6.45, 7) is 3.41. The highest BCUT2D eigenvalue weighted by Gasteiger charge is 2.30. The van der Waals surface area contributed by atoms with Crippen LogP contribution in [0.4, 0.5) is 0 Å². The highest BCUT2D eigenvalue weighted by molar-refractivity contribution is 7.16. The van der Waals surface area contributed by atoms with Crippen LogP contribution in [0, 0.1) is 13.8 Å². The van der Waals surface area contributed by atoms with E-state index >= 15 is 0 Å². The minimum atomic E-state index is -0.613. The van der Waals surface area contributed by atoms with Gasteiger partial charge in [0.25, 0.3) is 5.91 Å². The van der Waals surface area contributed by atoms with E-state index in [1.165, 1.54) is 18.4 Å². The third-order valence-corrected chi connectivity index (χ3v) is 5.32. The van der Waals surface area contributed by atoms with Crippen molar-refractivity contribution in [3.8, 4) is 0 Å². The molecule has 1 aliphatic heterocycles. The Labute approximate surface area is 159 Å². The van der Waals surface area contributed by atoms with Gasteiger partial charge in [-0.3, -0.25) is 24.1 Å². The quantitative estimate of drug-likeness (QED) is 0.575. The fraction of sp³-hybridized carbons (Fsp3) is 0.389. The number of hydrogen-bond donors (Lipinski definition) is 0. The van der Waals surface area contributed by atoms with Gasteiger partial charge in [0, 0.05) is 12.8 Å². The Morgan fingerprint density at radius 3 is 2.44 bits per heavy atom. The number of thiazole rings is 1. The Morgan fingerprint density at radius 1 is 1.15 bits per heavy atom. The van der Waals surface area contributed by atoms with Crippen molar-refractivity contribution in [1.82, 2.24) is 9.47 Å². The number of methoxy groups -OCH3 is 1. The summed E-state index contributed by atoms with van der Waals surface area (Å²) >= 11 is 1.27. The second kappa shape index (κ2) is 7.43. The molecule has 0 saturated carbocycles. The number of carbonyl (C=O) groups is 4. The molecule has 1 saturated heterocycles. The van der Waals surface area contributed by atoms with Gasteiger partial charge in [0.15, 0.2) is 4.80 Å². The highest BCUT2D eigenvalue weighted by atomic mass is 32.1. The zero-order valence-corrected chi connectivity index (χ0v) is 16.1. The molecule has 1 fully saturated rings. The first kappa shape index (κ1) is 19.0. The molecule has 2 aromatic rings. The summed E-state index contributed by atoms with van der Waals surface area (Å²) < 4.78 is 7.27. The lowest BCUT2D eigenvalue weighted by atomic mass is 10.1. The average molecular weight is 389 g/mol. The maximum atomic E-state index is 12.4. The Hall–Kier alpha value is -2.81. The summed E-state index contributed by atoms with van der Waals surface area (Å²) in [6.07, 6.45) is 0.242. The number of aryl methyl sites for hydroxylation is 2. The molecule has 1 aliphatic rings. The van der Waals surface area contributed by atoms with Crippen LogP contribution in [0.15, 0.2) is 17.1 Å². The van der Waals surface area contributed by atoms with Crippen LogP contribution in [0.1, 0.15) is 24.0 Å². The zero-order chi connectivity index (χ0) is 19.7. The lowest BCUT2D eigenvalue weighted by Gasteiger charge is -2.10. The molecule has 3 amide bonds. The predicted molar refractivity (Wildman–Crippen MR) is 97.8 cm³/mol. The molecule has 0 bridgehead atoms. The molecule has 0 spiro atoms. The molecule has 3 rings (SSSR count). The molecule has 0 unspecified atom stereocenters. The van der Waals surface area contributed by atoms with Crippen LogP contribution in [0.25, 0.3) is 10.2 Å². The van der Waals surface area contributed by atoms with Gasteiger partial charge in [-0.25, -0.2) is 0 Å². The number of aromatic nitrogens is 1. The molecule has 1 aromatic heterocycles. The Bertz CT molecular complexity index is 1020. The van der Waals surface area contributed by atoms with Crippen LogP contribution >= 0.6 is 11.3 Å². The molecule has 27 heavy (non-hydrogen) atoms. The van der Waals surface area contributed by atoms with Gasteiger partial charge >= 0.3 is 5.97 Å². The summed E-state index contributed by atoms with van der Waals surface area (Å²) in [7, 11) is 1.29. The topological polar surface area (TPSA) is 98.0 Å². The largest absolute Gasteiger partial charge is 0.468 e. The van der Waals surface area contributed by atoms with E-state index in [0.29, 0.717) is 4.80 Å². The average Bonchev–Trinajstić information content (AvgIpc) is 3.09. The molecule has 1 aromatic carbocycles. The zero-order valence-electron chi connectivity index (χ0n) is 15.3. The van der Waals surface area contributed by atoms with Crippen molar-refractivity contribution in [2.45, 2.75) is 33.2 Å². The Morgan fingerprint density at radius 2 is 1.81 bits per heavy atom. The van der Waals surface area contributed by atoms with Crippen LogP contribution in [0.5, 0.6) is 0 Å². The number of imide groups is 1. The van der Waals surface area contributed by atoms with Gasteiger partial charge in [-0.15, -0.1) is 0 Å². The molecule has 142 valence electrons. The summed E-state index contributed by atoms with van der Waals surface area (Å²) in [5, 5.41) is 0. The number of rotatable bonds is 4. The predicted octanol–water partition coefficient (Wildman–Crippen LogP) is 1.07. The van der Waals surface area contributed by atoms with Gasteiger partial charge in [-0.2, -0.15) is 4.99 Å². The fourth-order valence-electron chi connectivity index (χ4n) is 3.09. The Balaban J connectivity index is 2.05. The lowest BCUT2D eigenvalue weighted by Crippen LogP contribution is -2.34. The van der Waals surface area contributed by atoms with E-state index in [1.54, 1.807) is 4.57 Å². The standard InChI is InChI=1S/C18H19N3O5S/c1-10-6-11(2)17-12(7-10)27-18(21(17)9-16(25)26-3)19-13(22)8-20-14(23)4-5-15(20)24/h6-7H,4-5,8-9H2,1-3H3. The molecule has 0 radical (unpaired) electrons. The first-order valence-corrected chi connectivity index (χ1v) is 9.20. The van der Waals surface area contributed by atoms with Gasteiger partial charge in [-0.1, -0.05) is 17.4 Å². The number of nitrogens with zero attached hydrogens (tertiary/aromatic N) is 3. The van der Waals surface area contributed by atoms with Gasteiger partial charge in [0.1, 0.15) is 13.1 Å². The minimum Gasteiger partial charge on any atom is -0.468 e. The first-order valence-electron chi connectivity index (χ1n) is 8.38. The van der Waals surface area contributed by atoms with Gasteiger partial charge < -0.3 is 9.30 Å². The van der Waals surface area contributed by atoms with Crippen LogP contribution in [-0.2, 0) is 30.5 Å². The number of likely N-dealkylation sites (tertiary alicyclic amines) is 1. The van der Waals surface area contributed by atoms with Crippen molar-refractivity contribution in [3.63, 3.8) is 0 Å². The monoisotopic (exact) mass is 389 g/mol. The van der Waals surface area contributed by atoms with Crippen molar-refractivity contribution in [2.24, 2.45) is 4.99 Å².